The van der Waals surface area contributed by atoms with Gasteiger partial charge in [0, 0.05) is 44.3 Å². The summed E-state index contributed by atoms with van der Waals surface area (Å²) in [5.74, 6) is 0. The molecular formula is C48H32N2O. The molecule has 8 aromatic carbocycles. The first-order valence-electron chi connectivity index (χ1n) is 17.4. The first-order chi connectivity index (χ1) is 25.3. The molecule has 0 fully saturated rings. The predicted molar refractivity (Wildman–Crippen MR) is 214 cm³/mol. The Bertz CT molecular complexity index is 2850. The molecule has 3 nitrogen and oxygen atoms in total. The van der Waals surface area contributed by atoms with Gasteiger partial charge in [-0.15, -0.1) is 0 Å². The lowest BCUT2D eigenvalue weighted by atomic mass is 9.96. The first kappa shape index (κ1) is 29.1. The van der Waals surface area contributed by atoms with Gasteiger partial charge in [-0.3, -0.25) is 0 Å². The molecule has 0 amide bonds. The van der Waals surface area contributed by atoms with E-state index in [-0.39, 0.29) is 0 Å². The van der Waals surface area contributed by atoms with Crippen molar-refractivity contribution >= 4 is 60.8 Å². The molecule has 0 aliphatic rings. The Labute approximate surface area is 295 Å². The SMILES string of the molecule is c1ccc(-c2cccc(-c3cccc4c3c3ccc(N(c5ccccc5)c5ccc6oc7ccccc7c6c5)cc3n4-c3ccccc3)c2)cc1. The lowest BCUT2D eigenvalue weighted by molar-refractivity contribution is 0.669. The lowest BCUT2D eigenvalue weighted by Gasteiger charge is -2.26. The summed E-state index contributed by atoms with van der Waals surface area (Å²) < 4.78 is 8.62. The Morgan fingerprint density at radius 1 is 0.373 bits per heavy atom. The quantitative estimate of drug-likeness (QED) is 0.178. The molecule has 10 aromatic rings. The summed E-state index contributed by atoms with van der Waals surface area (Å²) in [6, 6.07) is 69.2. The fourth-order valence-corrected chi connectivity index (χ4v) is 7.66. The van der Waals surface area contributed by atoms with E-state index >= 15 is 0 Å². The summed E-state index contributed by atoms with van der Waals surface area (Å²) in [5, 5.41) is 4.67. The van der Waals surface area contributed by atoms with Crippen molar-refractivity contribution in [3.05, 3.63) is 194 Å². The van der Waals surface area contributed by atoms with Gasteiger partial charge in [0.15, 0.2) is 0 Å². The predicted octanol–water partition coefficient (Wildman–Crippen LogP) is 13.5. The van der Waals surface area contributed by atoms with Crippen LogP contribution in [0.3, 0.4) is 0 Å². The van der Waals surface area contributed by atoms with Crippen LogP contribution in [0.1, 0.15) is 0 Å². The second-order valence-corrected chi connectivity index (χ2v) is 13.0. The number of hydrogen-bond donors (Lipinski definition) is 0. The van der Waals surface area contributed by atoms with E-state index in [0.29, 0.717) is 0 Å². The molecule has 0 radical (unpaired) electrons. The second-order valence-electron chi connectivity index (χ2n) is 13.0. The van der Waals surface area contributed by atoms with Gasteiger partial charge in [0.1, 0.15) is 11.2 Å². The van der Waals surface area contributed by atoms with E-state index in [9.17, 15) is 0 Å². The summed E-state index contributed by atoms with van der Waals surface area (Å²) in [7, 11) is 0. The Hall–Kier alpha value is -6.84. The van der Waals surface area contributed by atoms with E-state index < -0.39 is 0 Å². The van der Waals surface area contributed by atoms with Crippen LogP contribution in [0.15, 0.2) is 199 Å². The summed E-state index contributed by atoms with van der Waals surface area (Å²) in [6.07, 6.45) is 0. The minimum Gasteiger partial charge on any atom is -0.456 e. The summed E-state index contributed by atoms with van der Waals surface area (Å²) in [4.78, 5) is 2.35. The second kappa shape index (κ2) is 11.9. The van der Waals surface area contributed by atoms with Crippen LogP contribution in [0.4, 0.5) is 17.1 Å². The molecule has 0 bridgehead atoms. The zero-order chi connectivity index (χ0) is 33.7. The third-order valence-corrected chi connectivity index (χ3v) is 9.96. The Balaban J connectivity index is 1.22. The fourth-order valence-electron chi connectivity index (χ4n) is 7.66. The van der Waals surface area contributed by atoms with Crippen LogP contribution in [-0.4, -0.2) is 4.57 Å². The average molecular weight is 653 g/mol. The minimum atomic E-state index is 0.886. The molecule has 0 spiro atoms. The maximum atomic E-state index is 6.21. The molecule has 3 heteroatoms. The van der Waals surface area contributed by atoms with E-state index in [4.69, 9.17) is 4.42 Å². The van der Waals surface area contributed by atoms with Crippen LogP contribution < -0.4 is 4.90 Å². The van der Waals surface area contributed by atoms with Gasteiger partial charge in [-0.25, -0.2) is 0 Å². The number of fused-ring (bicyclic) bond motifs is 6. The molecule has 0 aliphatic carbocycles. The Morgan fingerprint density at radius 2 is 1.02 bits per heavy atom. The standard InChI is InChI=1S/C48H32N2O/c1-4-14-33(15-5-1)34-16-12-17-35(30-34)40-23-13-24-44-48(40)42-28-26-39(32-45(42)50(44)37-20-8-3-9-21-37)49(36-18-6-2-7-19-36)38-27-29-47-43(31-38)41-22-10-11-25-46(41)51-47/h1-32H. The average Bonchev–Trinajstić information content (AvgIpc) is 3.74. The van der Waals surface area contributed by atoms with Crippen LogP contribution in [-0.2, 0) is 0 Å². The van der Waals surface area contributed by atoms with Gasteiger partial charge in [0.25, 0.3) is 0 Å². The monoisotopic (exact) mass is 652 g/mol. The molecule has 240 valence electrons. The highest BCUT2D eigenvalue weighted by Gasteiger charge is 2.20. The molecular weight excluding hydrogens is 621 g/mol. The maximum Gasteiger partial charge on any atom is 0.135 e. The van der Waals surface area contributed by atoms with Crippen molar-refractivity contribution in [2.24, 2.45) is 0 Å². The number of benzene rings is 8. The smallest absolute Gasteiger partial charge is 0.135 e. The molecule has 10 rings (SSSR count). The number of hydrogen-bond acceptors (Lipinski definition) is 2. The highest BCUT2D eigenvalue weighted by atomic mass is 16.3. The number of furan rings is 1. The van der Waals surface area contributed by atoms with Crippen molar-refractivity contribution in [3.8, 4) is 27.9 Å². The highest BCUT2D eigenvalue weighted by Crippen LogP contribution is 2.44. The topological polar surface area (TPSA) is 21.3 Å². The van der Waals surface area contributed by atoms with Crippen LogP contribution >= 0.6 is 0 Å². The number of aromatic nitrogens is 1. The molecule has 0 unspecified atom stereocenters. The number of nitrogens with zero attached hydrogens (tertiary/aromatic N) is 2. The summed E-state index contributed by atoms with van der Waals surface area (Å²) in [6.45, 7) is 0. The van der Waals surface area contributed by atoms with E-state index in [0.717, 1.165) is 50.2 Å². The molecule has 0 saturated carbocycles. The van der Waals surface area contributed by atoms with E-state index in [1.54, 1.807) is 0 Å². The van der Waals surface area contributed by atoms with E-state index in [1.807, 2.05) is 12.1 Å². The zero-order valence-electron chi connectivity index (χ0n) is 27.8. The molecule has 0 aliphatic heterocycles. The number of para-hydroxylation sites is 3. The van der Waals surface area contributed by atoms with Crippen LogP contribution in [0.5, 0.6) is 0 Å². The van der Waals surface area contributed by atoms with Crippen LogP contribution in [0, 0.1) is 0 Å². The van der Waals surface area contributed by atoms with Crippen LogP contribution in [0.2, 0.25) is 0 Å². The van der Waals surface area contributed by atoms with Crippen molar-refractivity contribution in [3.63, 3.8) is 0 Å². The van der Waals surface area contributed by atoms with Crippen LogP contribution in [0.25, 0.3) is 71.7 Å². The number of rotatable bonds is 6. The lowest BCUT2D eigenvalue weighted by Crippen LogP contribution is -2.10. The summed E-state index contributed by atoms with van der Waals surface area (Å²) in [5.41, 5.74) is 13.3. The molecule has 2 aromatic heterocycles. The van der Waals surface area contributed by atoms with E-state index in [1.165, 1.54) is 38.5 Å². The minimum absolute atomic E-state index is 0.886. The van der Waals surface area contributed by atoms with Gasteiger partial charge in [0.2, 0.25) is 0 Å². The van der Waals surface area contributed by atoms with Crippen molar-refractivity contribution in [1.29, 1.82) is 0 Å². The van der Waals surface area contributed by atoms with Crippen molar-refractivity contribution < 1.29 is 4.42 Å². The molecule has 51 heavy (non-hydrogen) atoms. The third-order valence-electron chi connectivity index (χ3n) is 9.96. The van der Waals surface area contributed by atoms with Gasteiger partial charge >= 0.3 is 0 Å². The normalized spacial score (nSPS) is 11.5. The number of anilines is 3. The van der Waals surface area contributed by atoms with Gasteiger partial charge in [-0.1, -0.05) is 121 Å². The van der Waals surface area contributed by atoms with Gasteiger partial charge in [-0.05, 0) is 95.1 Å². The van der Waals surface area contributed by atoms with E-state index in [2.05, 4.69) is 191 Å². The van der Waals surface area contributed by atoms with Crippen molar-refractivity contribution in [1.82, 2.24) is 4.57 Å². The maximum absolute atomic E-state index is 6.21. The zero-order valence-corrected chi connectivity index (χ0v) is 27.8. The first-order valence-corrected chi connectivity index (χ1v) is 17.4. The Kier molecular flexibility index (Phi) is 6.81. The van der Waals surface area contributed by atoms with Crippen molar-refractivity contribution in [2.45, 2.75) is 0 Å². The molecule has 0 N–H and O–H groups in total. The third kappa shape index (κ3) is 4.90. The Morgan fingerprint density at radius 3 is 1.86 bits per heavy atom. The largest absolute Gasteiger partial charge is 0.456 e. The van der Waals surface area contributed by atoms with Gasteiger partial charge < -0.3 is 13.9 Å². The molecule has 0 atom stereocenters. The highest BCUT2D eigenvalue weighted by molar-refractivity contribution is 6.16. The van der Waals surface area contributed by atoms with Gasteiger partial charge in [0.05, 0.1) is 11.0 Å². The van der Waals surface area contributed by atoms with Gasteiger partial charge in [-0.2, -0.15) is 0 Å². The molecule has 2 heterocycles. The van der Waals surface area contributed by atoms with Crippen molar-refractivity contribution in [2.75, 3.05) is 4.90 Å². The fraction of sp³-hybridized carbons (Fsp3) is 0. The molecule has 0 saturated heterocycles. The summed E-state index contributed by atoms with van der Waals surface area (Å²) >= 11 is 0.